The first-order valence-electron chi connectivity index (χ1n) is 13.9. The fourth-order valence-electron chi connectivity index (χ4n) is 4.05. The first kappa shape index (κ1) is 29.3. The minimum atomic E-state index is -1.20. The van der Waals surface area contributed by atoms with Crippen LogP contribution in [0, 0.1) is 11.8 Å². The van der Waals surface area contributed by atoms with E-state index in [9.17, 15) is 19.2 Å². The molecule has 0 spiro atoms. The predicted octanol–water partition coefficient (Wildman–Crippen LogP) is 1.93. The number of aromatic nitrogens is 2. The summed E-state index contributed by atoms with van der Waals surface area (Å²) in [4.78, 5) is 51.3. The van der Waals surface area contributed by atoms with E-state index in [1.165, 1.54) is 0 Å². The van der Waals surface area contributed by atoms with E-state index in [0.717, 1.165) is 35.9 Å². The summed E-state index contributed by atoms with van der Waals surface area (Å²) >= 11 is 0. The minimum absolute atomic E-state index is 0.00388. The zero-order chi connectivity index (χ0) is 28.7. The maximum atomic E-state index is 13.4. The topological polar surface area (TPSA) is 170 Å². The third kappa shape index (κ3) is 8.68. The van der Waals surface area contributed by atoms with Gasteiger partial charge in [0.05, 0.1) is 37.1 Å². The van der Waals surface area contributed by atoms with Crippen LogP contribution in [0.25, 0.3) is 0 Å². The van der Waals surface area contributed by atoms with Crippen LogP contribution >= 0.6 is 0 Å². The molecule has 4 rings (SSSR count). The SMILES string of the molecule is CC(C)(N)C(=O)NC(COCc1ccccc1)c1[nH]n(C(=O)NCC2CC2)c(=O)c1CCOC(=O)NCC1CC1. The van der Waals surface area contributed by atoms with Gasteiger partial charge in [-0.15, -0.1) is 0 Å². The monoisotopic (exact) mass is 556 g/mol. The number of nitrogens with two attached hydrogens (primary N) is 1. The van der Waals surface area contributed by atoms with Crippen LogP contribution in [0.3, 0.4) is 0 Å². The Kier molecular flexibility index (Phi) is 9.64. The Balaban J connectivity index is 1.53. The molecular formula is C28H40N6O6. The summed E-state index contributed by atoms with van der Waals surface area (Å²) in [5, 5.41) is 11.2. The second-order valence-corrected chi connectivity index (χ2v) is 11.2. The molecule has 0 bridgehead atoms. The Hall–Kier alpha value is -3.64. The average molecular weight is 557 g/mol. The van der Waals surface area contributed by atoms with Crippen LogP contribution in [0.5, 0.6) is 0 Å². The molecule has 2 aromatic rings. The summed E-state index contributed by atoms with van der Waals surface area (Å²) < 4.78 is 12.1. The smallest absolute Gasteiger partial charge is 0.407 e. The molecule has 12 heteroatoms. The number of ether oxygens (including phenoxy) is 2. The number of amides is 3. The highest BCUT2D eigenvalue weighted by Crippen LogP contribution is 2.28. The molecule has 40 heavy (non-hydrogen) atoms. The van der Waals surface area contributed by atoms with Crippen molar-refractivity contribution in [3.8, 4) is 0 Å². The molecule has 1 aromatic carbocycles. The number of hydrogen-bond acceptors (Lipinski definition) is 7. The van der Waals surface area contributed by atoms with Crippen LogP contribution in [0.15, 0.2) is 35.1 Å². The number of alkyl carbamates (subject to hydrolysis) is 1. The fourth-order valence-corrected chi connectivity index (χ4v) is 4.05. The zero-order valence-electron chi connectivity index (χ0n) is 23.2. The van der Waals surface area contributed by atoms with Crippen LogP contribution < -0.4 is 27.2 Å². The number of H-pyrrole nitrogens is 1. The van der Waals surface area contributed by atoms with Crippen LogP contribution in [-0.4, -0.2) is 59.7 Å². The standard InChI is InChI=1S/C28H40N6O6/c1-28(2,29)25(36)32-22(17-39-16-20-6-4-3-5-7-20)23-21(12-13-40-27(38)31-15-19-10-11-19)24(35)34(33-23)26(37)30-14-18-8-9-18/h3-7,18-19,22,33H,8-17,29H2,1-2H3,(H,30,37)(H,31,38)(H,32,36). The van der Waals surface area contributed by atoms with Crippen molar-refractivity contribution < 1.29 is 23.9 Å². The summed E-state index contributed by atoms with van der Waals surface area (Å²) in [5.74, 6) is 0.452. The molecule has 12 nitrogen and oxygen atoms in total. The molecule has 1 unspecified atom stereocenters. The molecule has 0 saturated heterocycles. The van der Waals surface area contributed by atoms with Gasteiger partial charge in [-0.3, -0.25) is 14.7 Å². The number of benzene rings is 1. The lowest BCUT2D eigenvalue weighted by Gasteiger charge is -2.24. The number of hydrogen-bond donors (Lipinski definition) is 5. The molecule has 1 heterocycles. The summed E-state index contributed by atoms with van der Waals surface area (Å²) in [6, 6.07) is 8.09. The van der Waals surface area contributed by atoms with Crippen molar-refractivity contribution in [2.75, 3.05) is 26.3 Å². The van der Waals surface area contributed by atoms with Crippen molar-refractivity contribution >= 4 is 18.0 Å². The Morgan fingerprint density at radius 3 is 2.35 bits per heavy atom. The normalized spacial score (nSPS) is 15.8. The summed E-state index contributed by atoms with van der Waals surface area (Å²) in [7, 11) is 0. The summed E-state index contributed by atoms with van der Waals surface area (Å²) in [5.41, 5.74) is 5.68. The van der Waals surface area contributed by atoms with Gasteiger partial charge in [0.1, 0.15) is 0 Å². The highest BCUT2D eigenvalue weighted by Gasteiger charge is 2.31. The minimum Gasteiger partial charge on any atom is -0.449 e. The molecule has 2 fully saturated rings. The van der Waals surface area contributed by atoms with Gasteiger partial charge in [0.2, 0.25) is 5.91 Å². The van der Waals surface area contributed by atoms with Gasteiger partial charge in [0.15, 0.2) is 0 Å². The summed E-state index contributed by atoms with van der Waals surface area (Å²) in [6.45, 7) is 4.35. The van der Waals surface area contributed by atoms with Gasteiger partial charge in [-0.05, 0) is 56.9 Å². The quantitative estimate of drug-likeness (QED) is 0.237. The van der Waals surface area contributed by atoms with Crippen molar-refractivity contribution in [2.24, 2.45) is 17.6 Å². The van der Waals surface area contributed by atoms with Gasteiger partial charge in [-0.1, -0.05) is 30.3 Å². The van der Waals surface area contributed by atoms with Crippen molar-refractivity contribution in [1.29, 1.82) is 0 Å². The number of nitrogens with one attached hydrogen (secondary N) is 4. The second-order valence-electron chi connectivity index (χ2n) is 11.2. The average Bonchev–Trinajstić information content (AvgIpc) is 3.85. The maximum Gasteiger partial charge on any atom is 0.407 e. The first-order chi connectivity index (χ1) is 19.1. The molecule has 2 saturated carbocycles. The van der Waals surface area contributed by atoms with Gasteiger partial charge in [0.25, 0.3) is 5.56 Å². The van der Waals surface area contributed by atoms with Crippen molar-refractivity contribution in [1.82, 2.24) is 25.7 Å². The van der Waals surface area contributed by atoms with E-state index < -0.39 is 35.2 Å². The number of nitrogens with zero attached hydrogens (tertiary/aromatic N) is 1. The highest BCUT2D eigenvalue weighted by atomic mass is 16.5. The maximum absolute atomic E-state index is 13.4. The number of carbonyl (C=O) groups excluding carboxylic acids is 3. The van der Waals surface area contributed by atoms with Crippen molar-refractivity contribution in [3.05, 3.63) is 57.5 Å². The van der Waals surface area contributed by atoms with Crippen molar-refractivity contribution in [3.63, 3.8) is 0 Å². The molecule has 218 valence electrons. The second kappa shape index (κ2) is 13.1. The fraction of sp³-hybridized carbons (Fsp3) is 0.571. The number of rotatable bonds is 14. The van der Waals surface area contributed by atoms with Crippen LogP contribution in [0.2, 0.25) is 0 Å². The van der Waals surface area contributed by atoms with E-state index in [-0.39, 0.29) is 31.8 Å². The van der Waals surface area contributed by atoms with Crippen molar-refractivity contribution in [2.45, 2.75) is 64.1 Å². The van der Waals surface area contributed by atoms with Gasteiger partial charge in [-0.25, -0.2) is 9.59 Å². The third-order valence-electron chi connectivity index (χ3n) is 6.91. The number of carbonyl (C=O) groups is 3. The molecule has 1 atom stereocenters. The number of aromatic amines is 1. The van der Waals surface area contributed by atoms with E-state index in [4.69, 9.17) is 15.2 Å². The molecule has 1 aromatic heterocycles. The largest absolute Gasteiger partial charge is 0.449 e. The Labute approximate surface area is 233 Å². The van der Waals surface area contributed by atoms with E-state index in [1.54, 1.807) is 13.8 Å². The highest BCUT2D eigenvalue weighted by molar-refractivity contribution is 5.85. The van der Waals surface area contributed by atoms with Gasteiger partial charge in [-0.2, -0.15) is 4.68 Å². The Bertz CT molecular complexity index is 1230. The molecular weight excluding hydrogens is 516 g/mol. The van der Waals surface area contributed by atoms with Gasteiger partial charge < -0.3 is 31.2 Å². The van der Waals surface area contributed by atoms with E-state index in [2.05, 4.69) is 21.0 Å². The molecule has 2 aliphatic carbocycles. The van der Waals surface area contributed by atoms with E-state index in [0.29, 0.717) is 30.6 Å². The zero-order valence-corrected chi connectivity index (χ0v) is 23.2. The van der Waals surface area contributed by atoms with Crippen LogP contribution in [0.4, 0.5) is 9.59 Å². The molecule has 6 N–H and O–H groups in total. The Morgan fingerprint density at radius 2 is 1.73 bits per heavy atom. The molecule has 0 aliphatic heterocycles. The Morgan fingerprint density at radius 1 is 1.07 bits per heavy atom. The first-order valence-corrected chi connectivity index (χ1v) is 13.9. The van der Waals surface area contributed by atoms with Crippen LogP contribution in [-0.2, 0) is 27.3 Å². The van der Waals surface area contributed by atoms with Gasteiger partial charge >= 0.3 is 12.1 Å². The van der Waals surface area contributed by atoms with Crippen LogP contribution in [0.1, 0.15) is 62.4 Å². The lowest BCUT2D eigenvalue weighted by atomic mass is 10.0. The molecule has 2 aliphatic rings. The molecule has 0 radical (unpaired) electrons. The van der Waals surface area contributed by atoms with Gasteiger partial charge in [0, 0.05) is 25.1 Å². The third-order valence-corrected chi connectivity index (χ3v) is 6.91. The summed E-state index contributed by atoms with van der Waals surface area (Å²) in [6.07, 6.45) is 3.73. The molecule has 3 amide bonds. The van der Waals surface area contributed by atoms with E-state index >= 15 is 0 Å². The predicted molar refractivity (Wildman–Crippen MR) is 148 cm³/mol. The lowest BCUT2D eigenvalue weighted by Crippen LogP contribution is -2.50. The van der Waals surface area contributed by atoms with E-state index in [1.807, 2.05) is 30.3 Å². The lowest BCUT2D eigenvalue weighted by molar-refractivity contribution is -0.126.